The molecule has 0 spiro atoms. The number of aromatic nitrogens is 4. The lowest BCUT2D eigenvalue weighted by Gasteiger charge is -2.30. The Bertz CT molecular complexity index is 795. The quantitative estimate of drug-likeness (QED) is 0.884. The first-order valence-electron chi connectivity index (χ1n) is 9.26. The molecule has 0 aromatic carbocycles. The van der Waals surface area contributed by atoms with Crippen LogP contribution in [0.3, 0.4) is 0 Å². The second-order valence-corrected chi connectivity index (χ2v) is 8.20. The molecule has 0 saturated carbocycles. The first-order valence-corrected chi connectivity index (χ1v) is 9.26. The summed E-state index contributed by atoms with van der Waals surface area (Å²) in [5.74, 6) is 2.53. The van der Waals surface area contributed by atoms with Gasteiger partial charge in [-0.15, -0.1) is 0 Å². The van der Waals surface area contributed by atoms with Gasteiger partial charge in [0.05, 0.1) is 18.3 Å². The standard InChI is InChI=1S/C19H26N6O/c1-19(2,3)17-21-10-13-11-25(12-15(13)22-17)18-20-7-4-16(23-18)24-8-5-14(26)6-9-24/h4,7,10,14,26H,5-6,8-9,11-12H2,1-3H3. The number of anilines is 2. The van der Waals surface area contributed by atoms with Crippen molar-refractivity contribution >= 4 is 11.8 Å². The summed E-state index contributed by atoms with van der Waals surface area (Å²) in [5, 5.41) is 9.70. The van der Waals surface area contributed by atoms with Crippen molar-refractivity contribution in [2.45, 2.75) is 58.2 Å². The van der Waals surface area contributed by atoms with Crippen LogP contribution in [0.5, 0.6) is 0 Å². The van der Waals surface area contributed by atoms with Gasteiger partial charge in [0.25, 0.3) is 0 Å². The normalized spacial score (nSPS) is 18.3. The monoisotopic (exact) mass is 354 g/mol. The third-order valence-electron chi connectivity index (χ3n) is 5.03. The van der Waals surface area contributed by atoms with Crippen molar-refractivity contribution in [3.8, 4) is 0 Å². The van der Waals surface area contributed by atoms with Crippen LogP contribution < -0.4 is 9.80 Å². The van der Waals surface area contributed by atoms with Gasteiger partial charge in [-0.1, -0.05) is 20.8 Å². The van der Waals surface area contributed by atoms with Crippen molar-refractivity contribution in [2.75, 3.05) is 22.9 Å². The summed E-state index contributed by atoms with van der Waals surface area (Å²) >= 11 is 0. The Morgan fingerprint density at radius 2 is 1.81 bits per heavy atom. The summed E-state index contributed by atoms with van der Waals surface area (Å²) in [6.07, 6.45) is 5.16. The molecular formula is C19H26N6O. The lowest BCUT2D eigenvalue weighted by Crippen LogP contribution is -2.36. The minimum Gasteiger partial charge on any atom is -0.393 e. The molecule has 2 aliphatic heterocycles. The van der Waals surface area contributed by atoms with Crippen LogP contribution in [-0.2, 0) is 18.5 Å². The smallest absolute Gasteiger partial charge is 0.227 e. The highest BCUT2D eigenvalue weighted by Gasteiger charge is 2.27. The molecule has 0 atom stereocenters. The third kappa shape index (κ3) is 3.35. The fourth-order valence-corrected chi connectivity index (χ4v) is 3.42. The predicted octanol–water partition coefficient (Wildman–Crippen LogP) is 2.05. The van der Waals surface area contributed by atoms with Crippen molar-refractivity contribution in [3.63, 3.8) is 0 Å². The van der Waals surface area contributed by atoms with Crippen molar-refractivity contribution in [2.24, 2.45) is 0 Å². The molecule has 7 nitrogen and oxygen atoms in total. The Labute approximate surface area is 154 Å². The fraction of sp³-hybridized carbons (Fsp3) is 0.579. The summed E-state index contributed by atoms with van der Waals surface area (Å²) in [5.41, 5.74) is 2.16. The Hall–Kier alpha value is -2.28. The van der Waals surface area contributed by atoms with E-state index in [2.05, 4.69) is 40.5 Å². The lowest BCUT2D eigenvalue weighted by molar-refractivity contribution is 0.145. The first kappa shape index (κ1) is 17.1. The van der Waals surface area contributed by atoms with E-state index in [0.29, 0.717) is 6.54 Å². The topological polar surface area (TPSA) is 78.3 Å². The number of fused-ring (bicyclic) bond motifs is 1. The summed E-state index contributed by atoms with van der Waals surface area (Å²) in [4.78, 5) is 22.9. The maximum Gasteiger partial charge on any atom is 0.227 e. The maximum atomic E-state index is 9.70. The average molecular weight is 354 g/mol. The summed E-state index contributed by atoms with van der Waals surface area (Å²) in [6.45, 7) is 9.50. The number of hydrogen-bond donors (Lipinski definition) is 1. The number of rotatable bonds is 2. The Balaban J connectivity index is 1.53. The SMILES string of the molecule is CC(C)(C)c1ncc2c(n1)CN(c1nccc(N3CCC(O)CC3)n1)C2. The molecule has 0 bridgehead atoms. The van der Waals surface area contributed by atoms with Crippen LogP contribution in [0.15, 0.2) is 18.5 Å². The van der Waals surface area contributed by atoms with Crippen molar-refractivity contribution in [1.82, 2.24) is 19.9 Å². The van der Waals surface area contributed by atoms with Crippen LogP contribution in [0.2, 0.25) is 0 Å². The Morgan fingerprint density at radius 3 is 2.54 bits per heavy atom. The highest BCUT2D eigenvalue weighted by molar-refractivity contribution is 5.46. The zero-order valence-electron chi connectivity index (χ0n) is 15.7. The van der Waals surface area contributed by atoms with Gasteiger partial charge in [-0.2, -0.15) is 4.98 Å². The molecule has 0 unspecified atom stereocenters. The average Bonchev–Trinajstić information content (AvgIpc) is 3.05. The molecule has 2 aromatic rings. The number of hydrogen-bond acceptors (Lipinski definition) is 7. The van der Waals surface area contributed by atoms with E-state index in [-0.39, 0.29) is 11.5 Å². The second kappa shape index (κ2) is 6.46. The van der Waals surface area contributed by atoms with Crippen molar-refractivity contribution in [1.29, 1.82) is 0 Å². The first-order chi connectivity index (χ1) is 12.4. The van der Waals surface area contributed by atoms with E-state index in [9.17, 15) is 5.11 Å². The zero-order chi connectivity index (χ0) is 18.3. The largest absolute Gasteiger partial charge is 0.393 e. The summed E-state index contributed by atoms with van der Waals surface area (Å²) in [6, 6.07) is 1.95. The highest BCUT2D eigenvalue weighted by Crippen LogP contribution is 2.28. The summed E-state index contributed by atoms with van der Waals surface area (Å²) in [7, 11) is 0. The maximum absolute atomic E-state index is 9.70. The van der Waals surface area contributed by atoms with Gasteiger partial charge in [-0.05, 0) is 18.9 Å². The van der Waals surface area contributed by atoms with Gasteiger partial charge < -0.3 is 14.9 Å². The number of aliphatic hydroxyl groups is 1. The number of piperidine rings is 1. The van der Waals surface area contributed by atoms with Crippen LogP contribution in [0.4, 0.5) is 11.8 Å². The Kier molecular flexibility index (Phi) is 4.26. The van der Waals surface area contributed by atoms with Gasteiger partial charge in [0, 0.05) is 43.0 Å². The Morgan fingerprint density at radius 1 is 1.04 bits per heavy atom. The highest BCUT2D eigenvalue weighted by atomic mass is 16.3. The zero-order valence-corrected chi connectivity index (χ0v) is 15.7. The van der Waals surface area contributed by atoms with E-state index in [4.69, 9.17) is 9.97 Å². The van der Waals surface area contributed by atoms with Gasteiger partial charge in [0.1, 0.15) is 11.6 Å². The molecule has 4 heterocycles. The predicted molar refractivity (Wildman–Crippen MR) is 100 cm³/mol. The molecule has 0 aliphatic carbocycles. The molecule has 2 aliphatic rings. The number of aliphatic hydroxyl groups excluding tert-OH is 1. The van der Waals surface area contributed by atoms with Gasteiger partial charge >= 0.3 is 0 Å². The minimum absolute atomic E-state index is 0.0578. The van der Waals surface area contributed by atoms with Crippen LogP contribution in [0, 0.1) is 0 Å². The molecule has 4 rings (SSSR count). The molecular weight excluding hydrogens is 328 g/mol. The fourth-order valence-electron chi connectivity index (χ4n) is 3.42. The van der Waals surface area contributed by atoms with Crippen LogP contribution in [-0.4, -0.2) is 44.2 Å². The van der Waals surface area contributed by atoms with Gasteiger partial charge in [-0.3, -0.25) is 0 Å². The number of nitrogens with zero attached hydrogens (tertiary/aromatic N) is 6. The molecule has 2 aromatic heterocycles. The van der Waals surface area contributed by atoms with Crippen molar-refractivity contribution in [3.05, 3.63) is 35.5 Å². The van der Waals surface area contributed by atoms with E-state index in [0.717, 1.165) is 61.3 Å². The molecule has 0 radical (unpaired) electrons. The van der Waals surface area contributed by atoms with Crippen LogP contribution in [0.1, 0.15) is 50.7 Å². The van der Waals surface area contributed by atoms with E-state index < -0.39 is 0 Å². The van der Waals surface area contributed by atoms with E-state index in [1.165, 1.54) is 0 Å². The van der Waals surface area contributed by atoms with Crippen LogP contribution >= 0.6 is 0 Å². The molecule has 138 valence electrons. The molecule has 1 N–H and O–H groups in total. The van der Waals surface area contributed by atoms with Gasteiger partial charge in [0.15, 0.2) is 0 Å². The van der Waals surface area contributed by atoms with E-state index in [1.54, 1.807) is 0 Å². The molecule has 7 heteroatoms. The molecule has 26 heavy (non-hydrogen) atoms. The second-order valence-electron chi connectivity index (χ2n) is 8.20. The van der Waals surface area contributed by atoms with E-state index in [1.807, 2.05) is 18.5 Å². The van der Waals surface area contributed by atoms with Gasteiger partial charge in [0.2, 0.25) is 5.95 Å². The van der Waals surface area contributed by atoms with E-state index >= 15 is 0 Å². The minimum atomic E-state index is -0.184. The molecule has 0 amide bonds. The summed E-state index contributed by atoms with van der Waals surface area (Å²) < 4.78 is 0. The van der Waals surface area contributed by atoms with Gasteiger partial charge in [-0.25, -0.2) is 15.0 Å². The van der Waals surface area contributed by atoms with Crippen molar-refractivity contribution < 1.29 is 5.11 Å². The third-order valence-corrected chi connectivity index (χ3v) is 5.03. The molecule has 1 saturated heterocycles. The lowest BCUT2D eigenvalue weighted by atomic mass is 9.95. The van der Waals surface area contributed by atoms with Crippen LogP contribution in [0.25, 0.3) is 0 Å². The molecule has 1 fully saturated rings.